The maximum absolute atomic E-state index is 12.5. The smallest absolute Gasteiger partial charge is 0.258 e. The van der Waals surface area contributed by atoms with E-state index in [-0.39, 0.29) is 5.91 Å². The van der Waals surface area contributed by atoms with Gasteiger partial charge in [-0.3, -0.25) is 4.79 Å². The zero-order valence-electron chi connectivity index (χ0n) is 10.4. The molecule has 1 aromatic heterocycles. The number of likely N-dealkylation sites (tertiary alicyclic amines) is 1. The Morgan fingerprint density at radius 3 is 3.00 bits per heavy atom. The first-order valence-corrected chi connectivity index (χ1v) is 6.18. The van der Waals surface area contributed by atoms with Crippen LogP contribution in [0.5, 0.6) is 0 Å². The van der Waals surface area contributed by atoms with Crippen LogP contribution < -0.4 is 5.73 Å². The fourth-order valence-corrected chi connectivity index (χ4v) is 2.58. The number of nitrogen functional groups attached to an aromatic ring is 1. The summed E-state index contributed by atoms with van der Waals surface area (Å²) < 4.78 is 0. The number of carbonyl (C=O) groups is 1. The van der Waals surface area contributed by atoms with Crippen LogP contribution in [-0.2, 0) is 0 Å². The molecule has 1 aromatic rings. The molecule has 1 amide bonds. The second-order valence-corrected chi connectivity index (χ2v) is 4.64. The van der Waals surface area contributed by atoms with Crippen molar-refractivity contribution in [1.82, 2.24) is 9.88 Å². The number of nitrogens with two attached hydrogens (primary N) is 1. The Balaban J connectivity index is 2.28. The third-order valence-corrected chi connectivity index (χ3v) is 3.56. The van der Waals surface area contributed by atoms with Crippen LogP contribution in [-0.4, -0.2) is 27.9 Å². The van der Waals surface area contributed by atoms with Crippen molar-refractivity contribution < 1.29 is 4.79 Å². The van der Waals surface area contributed by atoms with Crippen molar-refractivity contribution >= 4 is 11.7 Å². The van der Waals surface area contributed by atoms with Gasteiger partial charge < -0.3 is 10.6 Å². The molecule has 0 bridgehead atoms. The van der Waals surface area contributed by atoms with Crippen molar-refractivity contribution in [3.63, 3.8) is 0 Å². The summed E-state index contributed by atoms with van der Waals surface area (Å²) >= 11 is 0. The SMILES string of the molecule is CCC1CCC(C)N1C(=O)c1cccnc1N. The Morgan fingerprint density at radius 1 is 1.59 bits per heavy atom. The summed E-state index contributed by atoms with van der Waals surface area (Å²) in [6.45, 7) is 4.22. The molecule has 0 radical (unpaired) electrons. The highest BCUT2D eigenvalue weighted by molar-refractivity contribution is 5.98. The molecular formula is C13H19N3O. The first-order chi connectivity index (χ1) is 8.15. The van der Waals surface area contributed by atoms with E-state index in [0.29, 0.717) is 23.5 Å². The number of carbonyl (C=O) groups excluding carboxylic acids is 1. The zero-order chi connectivity index (χ0) is 12.4. The van der Waals surface area contributed by atoms with Gasteiger partial charge in [0.05, 0.1) is 5.56 Å². The maximum Gasteiger partial charge on any atom is 0.258 e. The lowest BCUT2D eigenvalue weighted by Crippen LogP contribution is -2.40. The van der Waals surface area contributed by atoms with Gasteiger partial charge in [0, 0.05) is 18.3 Å². The van der Waals surface area contributed by atoms with Gasteiger partial charge in [-0.15, -0.1) is 0 Å². The number of hydrogen-bond donors (Lipinski definition) is 1. The highest BCUT2D eigenvalue weighted by atomic mass is 16.2. The second-order valence-electron chi connectivity index (χ2n) is 4.64. The van der Waals surface area contributed by atoms with Crippen molar-refractivity contribution in [2.45, 2.75) is 45.2 Å². The Kier molecular flexibility index (Phi) is 3.31. The quantitative estimate of drug-likeness (QED) is 0.850. The summed E-state index contributed by atoms with van der Waals surface area (Å²) in [4.78, 5) is 18.4. The van der Waals surface area contributed by atoms with Gasteiger partial charge in [-0.2, -0.15) is 0 Å². The van der Waals surface area contributed by atoms with Crippen LogP contribution in [0, 0.1) is 0 Å². The fourth-order valence-electron chi connectivity index (χ4n) is 2.58. The largest absolute Gasteiger partial charge is 0.383 e. The van der Waals surface area contributed by atoms with Crippen LogP contribution in [0.2, 0.25) is 0 Å². The van der Waals surface area contributed by atoms with Crippen molar-refractivity contribution in [1.29, 1.82) is 0 Å². The Morgan fingerprint density at radius 2 is 2.35 bits per heavy atom. The molecule has 2 N–H and O–H groups in total. The molecule has 2 heterocycles. The minimum atomic E-state index is 0.0208. The van der Waals surface area contributed by atoms with Gasteiger partial charge in [0.25, 0.3) is 5.91 Å². The van der Waals surface area contributed by atoms with Crippen molar-refractivity contribution in [2.75, 3.05) is 5.73 Å². The zero-order valence-corrected chi connectivity index (χ0v) is 10.4. The molecule has 1 saturated heterocycles. The number of rotatable bonds is 2. The lowest BCUT2D eigenvalue weighted by atomic mass is 10.1. The number of hydrogen-bond acceptors (Lipinski definition) is 3. The molecule has 1 aliphatic rings. The highest BCUT2D eigenvalue weighted by Crippen LogP contribution is 2.28. The van der Waals surface area contributed by atoms with E-state index in [1.807, 2.05) is 4.90 Å². The van der Waals surface area contributed by atoms with Crippen molar-refractivity contribution in [3.8, 4) is 0 Å². The van der Waals surface area contributed by atoms with E-state index in [2.05, 4.69) is 18.8 Å². The van der Waals surface area contributed by atoms with Gasteiger partial charge in [-0.1, -0.05) is 6.92 Å². The molecule has 2 atom stereocenters. The fraction of sp³-hybridized carbons (Fsp3) is 0.538. The van der Waals surface area contributed by atoms with Crippen LogP contribution in [0.25, 0.3) is 0 Å². The predicted octanol–water partition coefficient (Wildman–Crippen LogP) is 2.07. The van der Waals surface area contributed by atoms with Gasteiger partial charge in [0.15, 0.2) is 0 Å². The summed E-state index contributed by atoms with van der Waals surface area (Å²) in [6, 6.07) is 4.15. The van der Waals surface area contributed by atoms with Crippen LogP contribution >= 0.6 is 0 Å². The molecular weight excluding hydrogens is 214 g/mol. The molecule has 2 unspecified atom stereocenters. The number of amides is 1. The normalized spacial score (nSPS) is 24.0. The lowest BCUT2D eigenvalue weighted by Gasteiger charge is -2.28. The van der Waals surface area contributed by atoms with Crippen molar-refractivity contribution in [3.05, 3.63) is 23.9 Å². The standard InChI is InChI=1S/C13H19N3O/c1-3-10-7-6-9(2)16(10)13(17)11-5-4-8-15-12(11)14/h4-5,8-10H,3,6-7H2,1-2H3,(H2,14,15). The molecule has 0 aromatic carbocycles. The third kappa shape index (κ3) is 2.12. The van der Waals surface area contributed by atoms with E-state index in [0.717, 1.165) is 19.3 Å². The molecule has 92 valence electrons. The van der Waals surface area contributed by atoms with E-state index >= 15 is 0 Å². The molecule has 0 saturated carbocycles. The summed E-state index contributed by atoms with van der Waals surface area (Å²) in [7, 11) is 0. The van der Waals surface area contributed by atoms with Crippen LogP contribution in [0.4, 0.5) is 5.82 Å². The topological polar surface area (TPSA) is 59.2 Å². The van der Waals surface area contributed by atoms with Crippen LogP contribution in [0.1, 0.15) is 43.5 Å². The van der Waals surface area contributed by atoms with Gasteiger partial charge >= 0.3 is 0 Å². The third-order valence-electron chi connectivity index (χ3n) is 3.56. The van der Waals surface area contributed by atoms with Gasteiger partial charge in [-0.25, -0.2) is 4.98 Å². The summed E-state index contributed by atoms with van der Waals surface area (Å²) in [5.41, 5.74) is 6.29. The lowest BCUT2D eigenvalue weighted by molar-refractivity contribution is 0.0677. The molecule has 1 aliphatic heterocycles. The number of pyridine rings is 1. The molecule has 4 heteroatoms. The molecule has 1 fully saturated rings. The average Bonchev–Trinajstić information content (AvgIpc) is 2.70. The summed E-state index contributed by atoms with van der Waals surface area (Å²) in [5.74, 6) is 0.346. The molecule has 0 aliphatic carbocycles. The van der Waals surface area contributed by atoms with Crippen LogP contribution in [0.15, 0.2) is 18.3 Å². The molecule has 0 spiro atoms. The number of aromatic nitrogens is 1. The van der Waals surface area contributed by atoms with Gasteiger partial charge in [0.1, 0.15) is 5.82 Å². The minimum Gasteiger partial charge on any atom is -0.383 e. The second kappa shape index (κ2) is 4.73. The Hall–Kier alpha value is -1.58. The average molecular weight is 233 g/mol. The Bertz CT molecular complexity index is 419. The van der Waals surface area contributed by atoms with E-state index in [1.165, 1.54) is 0 Å². The first kappa shape index (κ1) is 11.9. The van der Waals surface area contributed by atoms with E-state index < -0.39 is 0 Å². The van der Waals surface area contributed by atoms with Crippen molar-refractivity contribution in [2.24, 2.45) is 0 Å². The predicted molar refractivity (Wildman–Crippen MR) is 67.6 cm³/mol. The summed E-state index contributed by atoms with van der Waals surface area (Å²) in [6.07, 6.45) is 4.76. The minimum absolute atomic E-state index is 0.0208. The summed E-state index contributed by atoms with van der Waals surface area (Å²) in [5, 5.41) is 0. The van der Waals surface area contributed by atoms with Gasteiger partial charge in [0.2, 0.25) is 0 Å². The Labute approximate surface area is 102 Å². The van der Waals surface area contributed by atoms with Crippen LogP contribution in [0.3, 0.4) is 0 Å². The number of nitrogens with zero attached hydrogens (tertiary/aromatic N) is 2. The van der Waals surface area contributed by atoms with Gasteiger partial charge in [-0.05, 0) is 38.3 Å². The molecule has 2 rings (SSSR count). The highest BCUT2D eigenvalue weighted by Gasteiger charge is 2.34. The molecule has 4 nitrogen and oxygen atoms in total. The first-order valence-electron chi connectivity index (χ1n) is 6.18. The molecule has 17 heavy (non-hydrogen) atoms. The monoisotopic (exact) mass is 233 g/mol. The number of anilines is 1. The maximum atomic E-state index is 12.5. The van der Waals surface area contributed by atoms with E-state index in [9.17, 15) is 4.79 Å². The van der Waals surface area contributed by atoms with E-state index in [1.54, 1.807) is 18.3 Å². The van der Waals surface area contributed by atoms with E-state index in [4.69, 9.17) is 5.73 Å².